The number of ether oxygens (including phenoxy) is 1. The van der Waals surface area contributed by atoms with Gasteiger partial charge < -0.3 is 9.64 Å². The number of aromatic nitrogens is 2. The third-order valence-corrected chi connectivity index (χ3v) is 5.53. The van der Waals surface area contributed by atoms with Crippen molar-refractivity contribution < 1.29 is 9.53 Å². The molecule has 1 fully saturated rings. The van der Waals surface area contributed by atoms with Crippen LogP contribution in [0, 0.1) is 0 Å². The van der Waals surface area contributed by atoms with Gasteiger partial charge in [0, 0.05) is 29.2 Å². The van der Waals surface area contributed by atoms with Crippen molar-refractivity contribution >= 4 is 33.3 Å². The first-order valence-electron chi connectivity index (χ1n) is 8.48. The van der Waals surface area contributed by atoms with E-state index in [4.69, 9.17) is 4.74 Å². The van der Waals surface area contributed by atoms with Crippen LogP contribution in [0.1, 0.15) is 24.8 Å². The Kier molecular flexibility index (Phi) is 4.61. The summed E-state index contributed by atoms with van der Waals surface area (Å²) in [6.07, 6.45) is 6.25. The molecule has 0 N–H and O–H groups in total. The fraction of sp³-hybridized carbons (Fsp3) is 0.316. The number of fused-ring (bicyclic) bond motifs is 1. The van der Waals surface area contributed by atoms with Gasteiger partial charge in [-0.1, -0.05) is 18.2 Å². The maximum atomic E-state index is 12.7. The molecule has 1 atom stereocenters. The van der Waals surface area contributed by atoms with Gasteiger partial charge in [-0.15, -0.1) is 11.3 Å². The zero-order chi connectivity index (χ0) is 17.1. The summed E-state index contributed by atoms with van der Waals surface area (Å²) in [6, 6.07) is 9.66. The molecule has 5 nitrogen and oxygen atoms in total. The number of hydrogen-bond donors (Lipinski definition) is 0. The number of hydrogen-bond acceptors (Lipinski definition) is 6. The predicted molar refractivity (Wildman–Crippen MR) is 98.6 cm³/mol. The number of nitrogens with zero attached hydrogens (tertiary/aromatic N) is 3. The number of rotatable bonds is 4. The van der Waals surface area contributed by atoms with Crippen molar-refractivity contribution in [2.24, 2.45) is 0 Å². The third-order valence-electron chi connectivity index (χ3n) is 4.52. The lowest BCUT2D eigenvalue weighted by molar-refractivity contribution is -0.147. The van der Waals surface area contributed by atoms with Gasteiger partial charge >= 0.3 is 5.97 Å². The van der Waals surface area contributed by atoms with E-state index in [0.717, 1.165) is 36.8 Å². The second-order valence-electron chi connectivity index (χ2n) is 6.12. The van der Waals surface area contributed by atoms with E-state index in [-0.39, 0.29) is 12.0 Å². The molecule has 1 aliphatic heterocycles. The lowest BCUT2D eigenvalue weighted by atomic mass is 10.0. The number of anilines is 1. The number of esters is 1. The molecule has 0 saturated carbocycles. The van der Waals surface area contributed by atoms with Crippen LogP contribution in [-0.2, 0) is 16.1 Å². The molecule has 128 valence electrons. The summed E-state index contributed by atoms with van der Waals surface area (Å²) in [6.45, 7) is 1.09. The fourth-order valence-electron chi connectivity index (χ4n) is 3.25. The van der Waals surface area contributed by atoms with E-state index in [9.17, 15) is 4.79 Å². The van der Waals surface area contributed by atoms with Gasteiger partial charge in [0.25, 0.3) is 0 Å². The highest BCUT2D eigenvalue weighted by Crippen LogP contribution is 2.27. The van der Waals surface area contributed by atoms with Gasteiger partial charge in [0.15, 0.2) is 0 Å². The first-order valence-corrected chi connectivity index (χ1v) is 9.36. The Hall–Kier alpha value is -2.47. The second-order valence-corrected chi connectivity index (χ2v) is 7.03. The summed E-state index contributed by atoms with van der Waals surface area (Å²) in [4.78, 5) is 23.3. The van der Waals surface area contributed by atoms with E-state index in [1.54, 1.807) is 29.8 Å². The van der Waals surface area contributed by atoms with E-state index in [2.05, 4.69) is 27.5 Å². The number of carbonyl (C=O) groups excluding carboxylic acids is 1. The van der Waals surface area contributed by atoms with Crippen LogP contribution in [0.3, 0.4) is 0 Å². The number of piperidine rings is 1. The van der Waals surface area contributed by atoms with Crippen molar-refractivity contribution in [2.75, 3.05) is 11.4 Å². The Balaban J connectivity index is 1.47. The Morgan fingerprint density at radius 2 is 2.04 bits per heavy atom. The molecule has 25 heavy (non-hydrogen) atoms. The molecule has 1 aliphatic rings. The first kappa shape index (κ1) is 16.0. The average Bonchev–Trinajstić information content (AvgIpc) is 3.10. The number of carbonyl (C=O) groups is 1. The maximum Gasteiger partial charge on any atom is 0.329 e. The zero-order valence-electron chi connectivity index (χ0n) is 13.8. The van der Waals surface area contributed by atoms with E-state index in [0.29, 0.717) is 12.6 Å². The lowest BCUT2D eigenvalue weighted by Gasteiger charge is -2.33. The molecule has 0 aliphatic carbocycles. The van der Waals surface area contributed by atoms with Gasteiger partial charge in [-0.3, -0.25) is 0 Å². The van der Waals surface area contributed by atoms with Crippen LogP contribution in [0.4, 0.5) is 5.95 Å². The van der Waals surface area contributed by atoms with Crippen molar-refractivity contribution in [1.29, 1.82) is 0 Å². The smallest absolute Gasteiger partial charge is 0.329 e. The summed E-state index contributed by atoms with van der Waals surface area (Å²) in [5.41, 5.74) is 1.06. The van der Waals surface area contributed by atoms with Gasteiger partial charge in [-0.05, 0) is 42.2 Å². The number of benzene rings is 1. The van der Waals surface area contributed by atoms with Crippen molar-refractivity contribution in [3.8, 4) is 0 Å². The zero-order valence-corrected chi connectivity index (χ0v) is 14.6. The average molecular weight is 353 g/mol. The van der Waals surface area contributed by atoms with Crippen LogP contribution < -0.4 is 4.90 Å². The van der Waals surface area contributed by atoms with Gasteiger partial charge in [0.2, 0.25) is 5.95 Å². The molecular formula is C19H19N3O2S. The van der Waals surface area contributed by atoms with Crippen molar-refractivity contribution in [3.05, 3.63) is 53.7 Å². The Morgan fingerprint density at radius 3 is 2.92 bits per heavy atom. The monoisotopic (exact) mass is 353 g/mol. The molecule has 1 unspecified atom stereocenters. The van der Waals surface area contributed by atoms with Gasteiger partial charge in [-0.25, -0.2) is 14.8 Å². The van der Waals surface area contributed by atoms with E-state index in [1.807, 2.05) is 17.0 Å². The number of thiophene rings is 1. The molecule has 3 aromatic rings. The van der Waals surface area contributed by atoms with E-state index >= 15 is 0 Å². The minimum Gasteiger partial charge on any atom is -0.459 e. The Labute approximate surface area is 150 Å². The fourth-order valence-corrected chi connectivity index (χ4v) is 4.19. The molecule has 0 spiro atoms. The quantitative estimate of drug-likeness (QED) is 0.668. The summed E-state index contributed by atoms with van der Waals surface area (Å²) in [5.74, 6) is 0.410. The van der Waals surface area contributed by atoms with E-state index < -0.39 is 0 Å². The highest BCUT2D eigenvalue weighted by Gasteiger charge is 2.31. The van der Waals surface area contributed by atoms with Crippen molar-refractivity contribution in [2.45, 2.75) is 31.9 Å². The Bertz CT molecular complexity index is 865. The highest BCUT2D eigenvalue weighted by molar-refractivity contribution is 7.17. The van der Waals surface area contributed by atoms with Crippen LogP contribution in [0.25, 0.3) is 10.1 Å². The van der Waals surface area contributed by atoms with Crippen LogP contribution in [0.2, 0.25) is 0 Å². The van der Waals surface area contributed by atoms with E-state index in [1.165, 1.54) is 4.70 Å². The van der Waals surface area contributed by atoms with Gasteiger partial charge in [-0.2, -0.15) is 0 Å². The third kappa shape index (κ3) is 3.35. The standard InChI is InChI=1S/C19H19N3O2S/c23-18(24-12-14-13-25-17-8-2-1-6-15(14)17)16-7-3-4-11-22(16)19-20-9-5-10-21-19/h1-2,5-6,8-10,13,16H,3-4,7,11-12H2. The summed E-state index contributed by atoms with van der Waals surface area (Å²) >= 11 is 1.68. The Morgan fingerprint density at radius 1 is 1.20 bits per heavy atom. The molecule has 0 amide bonds. The molecule has 4 rings (SSSR count). The predicted octanol–water partition coefficient (Wildman–Crippen LogP) is 3.79. The minimum absolute atomic E-state index is 0.192. The van der Waals surface area contributed by atoms with Gasteiger partial charge in [0.05, 0.1) is 0 Å². The lowest BCUT2D eigenvalue weighted by Crippen LogP contribution is -2.46. The molecule has 3 heterocycles. The van der Waals surface area contributed by atoms with Crippen LogP contribution in [0.5, 0.6) is 0 Å². The normalized spacial score (nSPS) is 17.6. The summed E-state index contributed by atoms with van der Waals surface area (Å²) in [7, 11) is 0. The maximum absolute atomic E-state index is 12.7. The molecule has 6 heteroatoms. The summed E-state index contributed by atoms with van der Waals surface area (Å²) in [5, 5.41) is 3.23. The first-order chi connectivity index (χ1) is 12.3. The molecule has 2 aromatic heterocycles. The minimum atomic E-state index is -0.305. The molecular weight excluding hydrogens is 334 g/mol. The molecule has 1 aromatic carbocycles. The SMILES string of the molecule is O=C(OCc1csc2ccccc12)C1CCCCN1c1ncccn1. The highest BCUT2D eigenvalue weighted by atomic mass is 32.1. The summed E-state index contributed by atoms with van der Waals surface area (Å²) < 4.78 is 6.87. The molecule has 1 saturated heterocycles. The van der Waals surface area contributed by atoms with Crippen LogP contribution in [-0.4, -0.2) is 28.5 Å². The van der Waals surface area contributed by atoms with Gasteiger partial charge in [0.1, 0.15) is 12.6 Å². The van der Waals surface area contributed by atoms with Crippen LogP contribution in [0.15, 0.2) is 48.1 Å². The van der Waals surface area contributed by atoms with Crippen molar-refractivity contribution in [3.63, 3.8) is 0 Å². The van der Waals surface area contributed by atoms with Crippen LogP contribution >= 0.6 is 11.3 Å². The largest absolute Gasteiger partial charge is 0.459 e. The molecule has 0 bridgehead atoms. The topological polar surface area (TPSA) is 55.3 Å². The van der Waals surface area contributed by atoms with Crippen molar-refractivity contribution in [1.82, 2.24) is 9.97 Å². The second kappa shape index (κ2) is 7.19. The molecule has 0 radical (unpaired) electrons.